The van der Waals surface area contributed by atoms with Gasteiger partial charge in [-0.25, -0.2) is 4.79 Å². The minimum atomic E-state index is -0.473. The van der Waals surface area contributed by atoms with E-state index in [1.54, 1.807) is 12.4 Å². The van der Waals surface area contributed by atoms with Crippen molar-refractivity contribution in [1.82, 2.24) is 15.0 Å². The number of ether oxygens (including phenoxy) is 1. The Hall–Kier alpha value is -3.80. The average molecular weight is 415 g/mol. The lowest BCUT2D eigenvalue weighted by atomic mass is 10.1. The van der Waals surface area contributed by atoms with Gasteiger partial charge < -0.3 is 10.1 Å². The van der Waals surface area contributed by atoms with E-state index in [0.29, 0.717) is 5.75 Å². The molecule has 6 heteroatoms. The van der Waals surface area contributed by atoms with Crippen molar-refractivity contribution in [3.8, 4) is 5.75 Å². The van der Waals surface area contributed by atoms with Crippen molar-refractivity contribution in [1.29, 1.82) is 0 Å². The normalized spacial score (nSPS) is 11.8. The number of pyridine rings is 1. The maximum Gasteiger partial charge on any atom is 0.413 e. The second-order valence-electron chi connectivity index (χ2n) is 7.38. The zero-order valence-electron chi connectivity index (χ0n) is 17.7. The van der Waals surface area contributed by atoms with Crippen molar-refractivity contribution in [3.05, 3.63) is 90.9 Å². The second kappa shape index (κ2) is 9.34. The summed E-state index contributed by atoms with van der Waals surface area (Å²) in [4.78, 5) is 16.5. The summed E-state index contributed by atoms with van der Waals surface area (Å²) in [5.41, 5.74) is 3.14. The van der Waals surface area contributed by atoms with Gasteiger partial charge in [0.15, 0.2) is 0 Å². The smallest absolute Gasteiger partial charge is 0.410 e. The number of nitrogens with zero attached hydrogens (tertiary/aromatic N) is 3. The van der Waals surface area contributed by atoms with Gasteiger partial charge in [0.05, 0.1) is 17.2 Å². The van der Waals surface area contributed by atoms with Crippen LogP contribution in [0.3, 0.4) is 0 Å². The molecule has 1 amide bonds. The Morgan fingerprint density at radius 1 is 1.10 bits per heavy atom. The standard InChI is InChI=1S/C25H26N4O2/c1-3-16-28(22-11-14-26-15-12-22)29-17-13-21-18-23(9-10-24(21)29)31-25(30)27-19(2)20-7-5-4-6-8-20/h4-15,17-19H,3,16H2,1-2H3,(H,27,30)/t19-/m0/s1. The number of carbonyl (C=O) groups excluding carboxylic acids is 1. The van der Waals surface area contributed by atoms with E-state index >= 15 is 0 Å². The number of amides is 1. The SMILES string of the molecule is CCCN(c1ccncc1)n1ccc2cc(OC(=O)N[C@@H](C)c3ccccc3)ccc21. The maximum atomic E-state index is 12.4. The van der Waals surface area contributed by atoms with Gasteiger partial charge in [-0.05, 0) is 55.3 Å². The number of aromatic nitrogens is 2. The van der Waals surface area contributed by atoms with E-state index in [-0.39, 0.29) is 6.04 Å². The average Bonchev–Trinajstić information content (AvgIpc) is 3.21. The van der Waals surface area contributed by atoms with Gasteiger partial charge >= 0.3 is 6.09 Å². The Bertz CT molecular complexity index is 1140. The summed E-state index contributed by atoms with van der Waals surface area (Å²) in [5, 5.41) is 6.08. The number of rotatable bonds is 7. The molecule has 0 spiro atoms. The fourth-order valence-electron chi connectivity index (χ4n) is 3.61. The molecule has 4 rings (SSSR count). The van der Waals surface area contributed by atoms with Crippen LogP contribution in [-0.2, 0) is 0 Å². The third-order valence-corrected chi connectivity index (χ3v) is 5.14. The highest BCUT2D eigenvalue weighted by Crippen LogP contribution is 2.25. The van der Waals surface area contributed by atoms with E-state index in [1.807, 2.05) is 79.9 Å². The molecule has 0 unspecified atom stereocenters. The van der Waals surface area contributed by atoms with Crippen LogP contribution < -0.4 is 15.1 Å². The molecule has 0 aliphatic heterocycles. The van der Waals surface area contributed by atoms with Crippen LogP contribution in [0.15, 0.2) is 85.3 Å². The second-order valence-corrected chi connectivity index (χ2v) is 7.38. The maximum absolute atomic E-state index is 12.4. The zero-order chi connectivity index (χ0) is 21.6. The molecule has 0 saturated carbocycles. The number of carbonyl (C=O) groups is 1. The molecule has 31 heavy (non-hydrogen) atoms. The van der Waals surface area contributed by atoms with Gasteiger partial charge in [-0.3, -0.25) is 14.7 Å². The molecular weight excluding hydrogens is 388 g/mol. The minimum absolute atomic E-state index is 0.138. The third-order valence-electron chi connectivity index (χ3n) is 5.14. The number of nitrogens with one attached hydrogen (secondary N) is 1. The summed E-state index contributed by atoms with van der Waals surface area (Å²) in [5.74, 6) is 0.508. The highest BCUT2D eigenvalue weighted by atomic mass is 16.6. The Morgan fingerprint density at radius 2 is 1.87 bits per heavy atom. The van der Waals surface area contributed by atoms with Crippen LogP contribution in [0.4, 0.5) is 10.5 Å². The van der Waals surface area contributed by atoms with Crippen molar-refractivity contribution in [2.24, 2.45) is 0 Å². The summed E-state index contributed by atoms with van der Waals surface area (Å²) < 4.78 is 7.66. The molecule has 2 aromatic heterocycles. The van der Waals surface area contributed by atoms with Crippen LogP contribution in [0.1, 0.15) is 31.9 Å². The first kappa shape index (κ1) is 20.5. The quantitative estimate of drug-likeness (QED) is 0.430. The number of hydrogen-bond acceptors (Lipinski definition) is 4. The number of hydrogen-bond donors (Lipinski definition) is 1. The zero-order valence-corrected chi connectivity index (χ0v) is 17.7. The monoisotopic (exact) mass is 414 g/mol. The highest BCUT2D eigenvalue weighted by molar-refractivity contribution is 5.83. The summed E-state index contributed by atoms with van der Waals surface area (Å²) in [7, 11) is 0. The fraction of sp³-hybridized carbons (Fsp3) is 0.200. The van der Waals surface area contributed by atoms with Crippen LogP contribution in [0.5, 0.6) is 5.75 Å². The molecule has 0 saturated heterocycles. The van der Waals surface area contributed by atoms with Gasteiger partial charge in [-0.1, -0.05) is 37.3 Å². The summed E-state index contributed by atoms with van der Waals surface area (Å²) in [6.07, 6.45) is 6.15. The van der Waals surface area contributed by atoms with E-state index in [2.05, 4.69) is 26.9 Å². The molecule has 0 aliphatic carbocycles. The van der Waals surface area contributed by atoms with Crippen LogP contribution in [-0.4, -0.2) is 22.3 Å². The van der Waals surface area contributed by atoms with Gasteiger partial charge in [0, 0.05) is 30.5 Å². The third kappa shape index (κ3) is 4.69. The molecule has 1 N–H and O–H groups in total. The first-order valence-electron chi connectivity index (χ1n) is 10.5. The van der Waals surface area contributed by atoms with E-state index < -0.39 is 6.09 Å². The molecule has 0 radical (unpaired) electrons. The van der Waals surface area contributed by atoms with Crippen molar-refractivity contribution < 1.29 is 9.53 Å². The minimum Gasteiger partial charge on any atom is -0.410 e. The van der Waals surface area contributed by atoms with Crippen molar-refractivity contribution >= 4 is 22.7 Å². The molecule has 0 fully saturated rings. The Balaban J connectivity index is 1.51. The number of benzene rings is 2. The lowest BCUT2D eigenvalue weighted by Gasteiger charge is -2.26. The van der Waals surface area contributed by atoms with E-state index in [0.717, 1.165) is 35.1 Å². The Labute approximate surface area is 182 Å². The van der Waals surface area contributed by atoms with Crippen molar-refractivity contribution in [3.63, 3.8) is 0 Å². The van der Waals surface area contributed by atoms with Crippen molar-refractivity contribution in [2.75, 3.05) is 11.6 Å². The molecule has 1 atom stereocenters. The van der Waals surface area contributed by atoms with Crippen LogP contribution in [0.25, 0.3) is 10.9 Å². The molecule has 2 aromatic carbocycles. The summed E-state index contributed by atoms with van der Waals surface area (Å²) in [6.45, 7) is 4.95. The lowest BCUT2D eigenvalue weighted by molar-refractivity contribution is 0.197. The molecule has 4 aromatic rings. The highest BCUT2D eigenvalue weighted by Gasteiger charge is 2.14. The predicted octanol–water partition coefficient (Wildman–Crippen LogP) is 5.57. The Kier molecular flexibility index (Phi) is 6.17. The Morgan fingerprint density at radius 3 is 2.61 bits per heavy atom. The fourth-order valence-corrected chi connectivity index (χ4v) is 3.61. The molecule has 6 nitrogen and oxygen atoms in total. The van der Waals surface area contributed by atoms with Gasteiger partial charge in [-0.15, -0.1) is 0 Å². The van der Waals surface area contributed by atoms with E-state index in [9.17, 15) is 4.79 Å². The molecule has 158 valence electrons. The van der Waals surface area contributed by atoms with E-state index in [4.69, 9.17) is 4.74 Å². The topological polar surface area (TPSA) is 59.4 Å². The van der Waals surface area contributed by atoms with Crippen LogP contribution >= 0.6 is 0 Å². The molecule has 0 bridgehead atoms. The molecule has 0 aliphatic rings. The number of anilines is 1. The van der Waals surface area contributed by atoms with Crippen LogP contribution in [0.2, 0.25) is 0 Å². The number of fused-ring (bicyclic) bond motifs is 1. The van der Waals surface area contributed by atoms with Crippen molar-refractivity contribution in [2.45, 2.75) is 26.3 Å². The van der Waals surface area contributed by atoms with Gasteiger partial charge in [0.2, 0.25) is 0 Å². The predicted molar refractivity (Wildman–Crippen MR) is 123 cm³/mol. The summed E-state index contributed by atoms with van der Waals surface area (Å²) >= 11 is 0. The lowest BCUT2D eigenvalue weighted by Crippen LogP contribution is -2.30. The largest absolute Gasteiger partial charge is 0.413 e. The van der Waals surface area contributed by atoms with Gasteiger partial charge in [-0.2, -0.15) is 0 Å². The molecule has 2 heterocycles. The first-order chi connectivity index (χ1) is 15.2. The molecular formula is C25H26N4O2. The van der Waals surface area contributed by atoms with Crippen LogP contribution in [0, 0.1) is 0 Å². The van der Waals surface area contributed by atoms with Gasteiger partial charge in [0.25, 0.3) is 0 Å². The first-order valence-corrected chi connectivity index (χ1v) is 10.5. The van der Waals surface area contributed by atoms with E-state index in [1.165, 1.54) is 0 Å². The van der Waals surface area contributed by atoms with Gasteiger partial charge in [0.1, 0.15) is 5.75 Å². The summed E-state index contributed by atoms with van der Waals surface area (Å²) in [6, 6.07) is 21.4.